The third kappa shape index (κ3) is 8.13. The zero-order valence-electron chi connectivity index (χ0n) is 43.8. The molecule has 4 bridgehead atoms. The lowest BCUT2D eigenvalue weighted by molar-refractivity contribution is -0.00522. The van der Waals surface area contributed by atoms with Crippen molar-refractivity contribution in [1.29, 1.82) is 0 Å². The number of fused-ring (bicyclic) bond motifs is 3. The Hall–Kier alpha value is -10.7. The highest BCUT2D eigenvalue weighted by Crippen LogP contribution is 2.65. The molecule has 0 aromatic heterocycles. The monoisotopic (exact) mass is 1050 g/mol. The predicted molar refractivity (Wildman–Crippen MR) is 318 cm³/mol. The predicted octanol–water partition coefficient (Wildman–Crippen LogP) is 13.1. The second kappa shape index (κ2) is 19.6. The van der Waals surface area contributed by atoms with Crippen LogP contribution in [0.25, 0.3) is 33.4 Å². The van der Waals surface area contributed by atoms with Crippen molar-refractivity contribution < 1.29 is 30.0 Å². The van der Waals surface area contributed by atoms with E-state index in [0.717, 1.165) is 41.5 Å². The highest BCUT2D eigenvalue weighted by molar-refractivity contribution is 6.10. The summed E-state index contributed by atoms with van der Waals surface area (Å²) in [7, 11) is 0. The lowest BCUT2D eigenvalue weighted by atomic mass is 9.48. The maximum absolute atomic E-state index is 14.6. The summed E-state index contributed by atoms with van der Waals surface area (Å²) in [6.07, 6.45) is 43.4. The summed E-state index contributed by atoms with van der Waals surface area (Å²) in [5.41, 5.74) is 6.46. The van der Waals surface area contributed by atoms with Crippen LogP contribution in [-0.4, -0.2) is 32.2 Å². The van der Waals surface area contributed by atoms with Crippen LogP contribution in [0.4, 0.5) is 11.4 Å². The van der Waals surface area contributed by atoms with Crippen molar-refractivity contribution in [1.82, 2.24) is 0 Å². The van der Waals surface area contributed by atoms with E-state index in [9.17, 15) is 30.0 Å². The van der Waals surface area contributed by atoms with E-state index in [1.165, 1.54) is 24.8 Å². The van der Waals surface area contributed by atoms with Crippen molar-refractivity contribution >= 4 is 23.2 Å². The molecule has 0 heterocycles. The van der Waals surface area contributed by atoms with Gasteiger partial charge in [0.2, 0.25) is 0 Å². The van der Waals surface area contributed by atoms with Crippen molar-refractivity contribution in [3.8, 4) is 130 Å². The summed E-state index contributed by atoms with van der Waals surface area (Å²) in [6.45, 7) is 0. The molecule has 0 atom stereocenters. The minimum atomic E-state index is -1.48. The third-order valence-electron chi connectivity index (χ3n) is 17.3. The van der Waals surface area contributed by atoms with Crippen LogP contribution in [0.15, 0.2) is 140 Å². The molecule has 5 aliphatic carbocycles. The second-order valence-corrected chi connectivity index (χ2v) is 21.8. The number of rotatable bonds is 9. The first-order chi connectivity index (χ1) is 39.2. The molecule has 0 unspecified atom stereocenters. The van der Waals surface area contributed by atoms with Gasteiger partial charge in [-0.2, -0.15) is 0 Å². The summed E-state index contributed by atoms with van der Waals surface area (Å²) >= 11 is 0. The van der Waals surface area contributed by atoms with Crippen LogP contribution < -0.4 is 10.6 Å². The Bertz CT molecular complexity index is 4100. The Labute approximate surface area is 471 Å². The molecule has 4 saturated carbocycles. The normalized spacial score (nSPS) is 18.3. The van der Waals surface area contributed by atoms with Gasteiger partial charge < -0.3 is 31.1 Å². The lowest BCUT2D eigenvalue weighted by Crippen LogP contribution is -2.48. The van der Waals surface area contributed by atoms with Crippen LogP contribution >= 0.6 is 0 Å². The molecule has 0 spiro atoms. The van der Waals surface area contributed by atoms with Crippen LogP contribution in [-0.2, 0) is 10.8 Å². The smallest absolute Gasteiger partial charge is 0.255 e. The van der Waals surface area contributed by atoms with Gasteiger partial charge in [0.1, 0.15) is 23.0 Å². The van der Waals surface area contributed by atoms with Crippen molar-refractivity contribution in [2.45, 2.75) is 49.4 Å². The Kier molecular flexibility index (Phi) is 12.4. The van der Waals surface area contributed by atoms with Gasteiger partial charge in [-0.1, -0.05) is 102 Å². The molecule has 4 fully saturated rings. The topological polar surface area (TPSA) is 139 Å². The van der Waals surface area contributed by atoms with Gasteiger partial charge in [0.05, 0.1) is 39.0 Å². The van der Waals surface area contributed by atoms with Crippen molar-refractivity contribution in [2.75, 3.05) is 10.6 Å². The van der Waals surface area contributed by atoms with E-state index in [1.54, 1.807) is 84.9 Å². The number of hydrogen-bond donors (Lipinski definition) is 6. The second-order valence-electron chi connectivity index (χ2n) is 21.8. The molecule has 8 nitrogen and oxygen atoms in total. The molecular formula is C73H50N2O6. The molecule has 0 aliphatic heterocycles. The Morgan fingerprint density at radius 2 is 0.889 bits per heavy atom. The van der Waals surface area contributed by atoms with Gasteiger partial charge in [-0.15, -0.1) is 38.5 Å². The number of aromatic hydroxyl groups is 4. The van der Waals surface area contributed by atoms with E-state index < -0.39 is 28.7 Å². The van der Waals surface area contributed by atoms with E-state index in [0.29, 0.717) is 51.1 Å². The number of carbonyl (C=O) groups excluding carboxylic acids is 2. The van der Waals surface area contributed by atoms with Crippen molar-refractivity contribution in [2.24, 2.45) is 17.8 Å². The van der Waals surface area contributed by atoms with Gasteiger partial charge in [-0.3, -0.25) is 9.59 Å². The van der Waals surface area contributed by atoms with Crippen LogP contribution in [0.2, 0.25) is 0 Å². The molecule has 8 aromatic rings. The standard InChI is InChI=1S/C73H50N2O6/c1-7-42-17-15-19-49(32-42)70(80)74-66-54(11-5)68(78)47(9-3)34-60(66)58-37-52(76)24-27-63(58)73(62-22-14-13-21-56(62)57-26-23-51(36-65(57)73)72-39-44-29-45(40-72)31-46(30-44)41-72)64-28-25-53(77)38-59(64)61-35-48(10-4)69(79)55(12-6)67(61)75-71(81)50-20-16-18-43(8-2)33-50/h1-6,13-28,32-38,44-46,76-79H,29-31,39-41H2,(H,74,80)(H,75,81). The molecular weight excluding hydrogens is 1000 g/mol. The van der Waals surface area contributed by atoms with Gasteiger partial charge in [-0.05, 0) is 185 Å². The number of carbonyl (C=O) groups is 2. The van der Waals surface area contributed by atoms with Gasteiger partial charge in [0.15, 0.2) is 0 Å². The highest BCUT2D eigenvalue weighted by Gasteiger charge is 2.54. The van der Waals surface area contributed by atoms with Crippen LogP contribution in [0.1, 0.15) is 120 Å². The fraction of sp³-hybridized carbons (Fsp3) is 0.151. The van der Waals surface area contributed by atoms with E-state index in [2.05, 4.69) is 70.4 Å². The fourth-order valence-corrected chi connectivity index (χ4v) is 14.4. The van der Waals surface area contributed by atoms with Gasteiger partial charge >= 0.3 is 0 Å². The Balaban J connectivity index is 1.21. The molecule has 8 aromatic carbocycles. The summed E-state index contributed by atoms with van der Waals surface area (Å²) < 4.78 is 0. The quantitative estimate of drug-likeness (QED) is 0.0796. The average Bonchev–Trinajstić information content (AvgIpc) is 4.06. The molecule has 388 valence electrons. The molecule has 0 saturated heterocycles. The first kappa shape index (κ1) is 51.0. The van der Waals surface area contributed by atoms with E-state index in [4.69, 9.17) is 38.5 Å². The van der Waals surface area contributed by atoms with Crippen LogP contribution in [0.3, 0.4) is 0 Å². The van der Waals surface area contributed by atoms with Gasteiger partial charge in [0.25, 0.3) is 11.8 Å². The highest BCUT2D eigenvalue weighted by atomic mass is 16.3. The summed E-state index contributed by atoms with van der Waals surface area (Å²) in [5, 5.41) is 53.5. The summed E-state index contributed by atoms with van der Waals surface area (Å²) in [5.74, 6) is 15.0. The molecule has 13 rings (SSSR count). The zero-order valence-corrected chi connectivity index (χ0v) is 43.8. The average molecular weight is 1050 g/mol. The van der Waals surface area contributed by atoms with Gasteiger partial charge in [-0.25, -0.2) is 0 Å². The first-order valence-electron chi connectivity index (χ1n) is 26.6. The number of anilines is 2. The number of amides is 2. The third-order valence-corrected chi connectivity index (χ3v) is 17.3. The maximum Gasteiger partial charge on any atom is 0.255 e. The molecule has 2 amide bonds. The number of hydrogen-bond acceptors (Lipinski definition) is 6. The first-order valence-corrected chi connectivity index (χ1v) is 26.6. The molecule has 0 radical (unpaired) electrons. The fourth-order valence-electron chi connectivity index (χ4n) is 14.4. The molecule has 6 N–H and O–H groups in total. The number of terminal acetylenes is 6. The Morgan fingerprint density at radius 1 is 0.432 bits per heavy atom. The van der Waals surface area contributed by atoms with E-state index >= 15 is 0 Å². The Morgan fingerprint density at radius 3 is 1.35 bits per heavy atom. The molecule has 8 heteroatoms. The maximum atomic E-state index is 14.6. The van der Waals surface area contributed by atoms with Crippen LogP contribution in [0, 0.1) is 91.8 Å². The van der Waals surface area contributed by atoms with E-state index in [1.807, 2.05) is 30.3 Å². The molecule has 81 heavy (non-hydrogen) atoms. The van der Waals surface area contributed by atoms with Gasteiger partial charge in [0, 0.05) is 33.4 Å². The van der Waals surface area contributed by atoms with E-state index in [-0.39, 0.29) is 72.8 Å². The lowest BCUT2D eigenvalue weighted by Gasteiger charge is -2.57. The minimum absolute atomic E-state index is 0.0103. The van der Waals surface area contributed by atoms with Crippen molar-refractivity contribution in [3.63, 3.8) is 0 Å². The van der Waals surface area contributed by atoms with Crippen LogP contribution in [0.5, 0.6) is 23.0 Å². The molecule has 5 aliphatic rings. The summed E-state index contributed by atoms with van der Waals surface area (Å²) in [6, 6.07) is 41.0. The zero-order chi connectivity index (χ0) is 56.5. The number of nitrogens with one attached hydrogen (secondary N) is 2. The SMILES string of the molecule is C#Cc1cccc(C(=O)Nc2c(-c3cc(O)ccc3C3(c4ccc(O)cc4-c4cc(C#C)c(O)c(C#C)c4NC(=O)c4cccc(C#C)c4)c4ccccc4-c4ccc(C56CC7CC(CC(C7)C5)C6)cc43)cc(C#C)c(O)c2C#C)c1. The number of benzene rings is 8. The van der Waals surface area contributed by atoms with Crippen molar-refractivity contribution in [3.05, 3.63) is 212 Å². The summed E-state index contributed by atoms with van der Waals surface area (Å²) in [4.78, 5) is 29.2. The number of phenolic OH excluding ortho intramolecular Hbond substituents is 4. The largest absolute Gasteiger partial charge is 0.508 e. The number of phenols is 4. The minimum Gasteiger partial charge on any atom is -0.508 e.